The summed E-state index contributed by atoms with van der Waals surface area (Å²) in [5.74, 6) is -0.0628. The molecule has 0 saturated heterocycles. The largest absolute Gasteiger partial charge is 0.493 e. The van der Waals surface area contributed by atoms with Crippen molar-refractivity contribution in [1.82, 2.24) is 5.32 Å². The van der Waals surface area contributed by atoms with Crippen molar-refractivity contribution >= 4 is 11.9 Å². The van der Waals surface area contributed by atoms with Crippen LogP contribution in [0.3, 0.4) is 0 Å². The van der Waals surface area contributed by atoms with Gasteiger partial charge >= 0.3 is 12.6 Å². The highest BCUT2D eigenvalue weighted by molar-refractivity contribution is 5.91. The van der Waals surface area contributed by atoms with Crippen LogP contribution in [0.2, 0.25) is 0 Å². The number of amides is 1. The normalized spacial score (nSPS) is 10.7. The van der Waals surface area contributed by atoms with Crippen LogP contribution in [0, 0.1) is 5.92 Å². The Balaban J connectivity index is 1.71. The van der Waals surface area contributed by atoms with Gasteiger partial charge in [-0.2, -0.15) is 8.78 Å². The number of halogens is 2. The molecule has 0 aliphatic rings. The van der Waals surface area contributed by atoms with Crippen LogP contribution in [-0.4, -0.2) is 38.2 Å². The average molecular weight is 421 g/mol. The molecule has 0 unspecified atom stereocenters. The van der Waals surface area contributed by atoms with Crippen molar-refractivity contribution in [1.29, 1.82) is 0 Å². The van der Waals surface area contributed by atoms with Gasteiger partial charge in [-0.15, -0.1) is 0 Å². The van der Waals surface area contributed by atoms with Gasteiger partial charge < -0.3 is 19.5 Å². The molecule has 2 aromatic carbocycles. The zero-order chi connectivity index (χ0) is 21.9. The van der Waals surface area contributed by atoms with E-state index in [2.05, 4.69) is 10.1 Å². The molecule has 0 aliphatic carbocycles. The van der Waals surface area contributed by atoms with Gasteiger partial charge in [0.05, 0.1) is 12.2 Å². The number of hydrogen-bond donors (Lipinski definition) is 1. The Labute approximate surface area is 174 Å². The third-order valence-corrected chi connectivity index (χ3v) is 3.87. The van der Waals surface area contributed by atoms with E-state index in [0.717, 1.165) is 5.56 Å². The molecule has 162 valence electrons. The molecule has 0 saturated carbocycles. The minimum atomic E-state index is -2.87. The summed E-state index contributed by atoms with van der Waals surface area (Å²) in [7, 11) is 0. The molecule has 1 N–H and O–H groups in total. The van der Waals surface area contributed by atoms with E-state index in [0.29, 0.717) is 36.8 Å². The number of ether oxygens (including phenoxy) is 3. The summed E-state index contributed by atoms with van der Waals surface area (Å²) in [6.07, 6.45) is 0.490. The first kappa shape index (κ1) is 23.1. The van der Waals surface area contributed by atoms with Crippen molar-refractivity contribution < 1.29 is 32.6 Å². The molecule has 8 heteroatoms. The number of carbonyl (C=O) groups excluding carboxylic acids is 2. The molecule has 6 nitrogen and oxygen atoms in total. The van der Waals surface area contributed by atoms with Crippen molar-refractivity contribution in [2.45, 2.75) is 26.9 Å². The summed E-state index contributed by atoms with van der Waals surface area (Å²) in [5.41, 5.74) is 1.14. The lowest BCUT2D eigenvalue weighted by atomic mass is 10.1. The first-order valence-corrected chi connectivity index (χ1v) is 9.54. The Morgan fingerprint density at radius 1 is 1.03 bits per heavy atom. The highest BCUT2D eigenvalue weighted by Crippen LogP contribution is 2.16. The van der Waals surface area contributed by atoms with E-state index in [4.69, 9.17) is 9.47 Å². The summed E-state index contributed by atoms with van der Waals surface area (Å²) in [6.45, 7) is 1.61. The highest BCUT2D eigenvalue weighted by atomic mass is 19.3. The maximum absolute atomic E-state index is 12.1. The number of benzene rings is 2. The Bertz CT molecular complexity index is 825. The summed E-state index contributed by atoms with van der Waals surface area (Å²) < 4.78 is 39.1. The van der Waals surface area contributed by atoms with Gasteiger partial charge in [-0.3, -0.25) is 4.79 Å². The zero-order valence-corrected chi connectivity index (χ0v) is 16.9. The molecular formula is C22H25F2NO5. The molecule has 30 heavy (non-hydrogen) atoms. The van der Waals surface area contributed by atoms with Gasteiger partial charge in [-0.25, -0.2) is 4.79 Å². The molecule has 0 radical (unpaired) electrons. The number of carbonyl (C=O) groups is 2. The van der Waals surface area contributed by atoms with Gasteiger partial charge in [0.15, 0.2) is 6.61 Å². The van der Waals surface area contributed by atoms with E-state index in [-0.39, 0.29) is 5.75 Å². The van der Waals surface area contributed by atoms with Crippen LogP contribution in [0.5, 0.6) is 11.5 Å². The Morgan fingerprint density at radius 3 is 2.43 bits per heavy atom. The molecule has 0 fully saturated rings. The number of rotatable bonds is 11. The highest BCUT2D eigenvalue weighted by Gasteiger charge is 2.11. The lowest BCUT2D eigenvalue weighted by Crippen LogP contribution is -2.30. The fourth-order valence-corrected chi connectivity index (χ4v) is 2.43. The second kappa shape index (κ2) is 11.7. The smallest absolute Gasteiger partial charge is 0.387 e. The van der Waals surface area contributed by atoms with Crippen LogP contribution < -0.4 is 14.8 Å². The molecular weight excluding hydrogens is 396 g/mol. The Morgan fingerprint density at radius 2 is 1.77 bits per heavy atom. The summed E-state index contributed by atoms with van der Waals surface area (Å²) in [6, 6.07) is 12.7. The molecule has 1 amide bonds. The predicted molar refractivity (Wildman–Crippen MR) is 107 cm³/mol. The number of alkyl halides is 2. The van der Waals surface area contributed by atoms with Crippen molar-refractivity contribution in [2.24, 2.45) is 5.92 Å². The topological polar surface area (TPSA) is 73.9 Å². The lowest BCUT2D eigenvalue weighted by molar-refractivity contribution is -0.124. The third kappa shape index (κ3) is 8.46. The third-order valence-electron chi connectivity index (χ3n) is 3.87. The van der Waals surface area contributed by atoms with Gasteiger partial charge in [-0.1, -0.05) is 32.0 Å². The number of nitrogens with one attached hydrogen (secondary N) is 1. The summed E-state index contributed by atoms with van der Waals surface area (Å²) >= 11 is 0. The maximum Gasteiger partial charge on any atom is 0.387 e. The summed E-state index contributed by atoms with van der Waals surface area (Å²) in [4.78, 5) is 24.0. The van der Waals surface area contributed by atoms with Gasteiger partial charge in [-0.05, 0) is 48.2 Å². The standard InChI is InChI=1S/C22H25F2NO5/c1-15(2)13-28-19-5-3-4-17(12-19)21(27)29-14-20(26)25-11-10-16-6-8-18(9-7-16)30-22(23)24/h3-9,12,15,22H,10-11,13-14H2,1-2H3,(H,25,26). The van der Waals surface area contributed by atoms with E-state index < -0.39 is 25.1 Å². The second-order valence-electron chi connectivity index (χ2n) is 6.93. The van der Waals surface area contributed by atoms with Crippen molar-refractivity contribution in [3.8, 4) is 11.5 Å². The SMILES string of the molecule is CC(C)COc1cccc(C(=O)OCC(=O)NCCc2ccc(OC(F)F)cc2)c1. The number of esters is 1. The second-order valence-corrected chi connectivity index (χ2v) is 6.93. The van der Waals surface area contributed by atoms with Crippen molar-refractivity contribution in [3.63, 3.8) is 0 Å². The van der Waals surface area contributed by atoms with E-state index in [9.17, 15) is 18.4 Å². The first-order chi connectivity index (χ1) is 14.3. The van der Waals surface area contributed by atoms with Gasteiger partial charge in [0.1, 0.15) is 11.5 Å². The van der Waals surface area contributed by atoms with Gasteiger partial charge in [0, 0.05) is 6.54 Å². The minimum absolute atomic E-state index is 0.0726. The average Bonchev–Trinajstić information content (AvgIpc) is 2.71. The molecule has 2 aromatic rings. The lowest BCUT2D eigenvalue weighted by Gasteiger charge is -2.10. The van der Waals surface area contributed by atoms with E-state index in [1.165, 1.54) is 12.1 Å². The number of hydrogen-bond acceptors (Lipinski definition) is 5. The molecule has 2 rings (SSSR count). The van der Waals surface area contributed by atoms with Crippen molar-refractivity contribution in [2.75, 3.05) is 19.8 Å². The van der Waals surface area contributed by atoms with Crippen LogP contribution in [0.1, 0.15) is 29.8 Å². The van der Waals surface area contributed by atoms with Crippen LogP contribution in [-0.2, 0) is 16.0 Å². The van der Waals surface area contributed by atoms with Gasteiger partial charge in [0.25, 0.3) is 5.91 Å². The first-order valence-electron chi connectivity index (χ1n) is 9.54. The van der Waals surface area contributed by atoms with E-state index in [1.807, 2.05) is 13.8 Å². The molecule has 0 heterocycles. The summed E-state index contributed by atoms with van der Waals surface area (Å²) in [5, 5.41) is 2.64. The van der Waals surface area contributed by atoms with Crippen molar-refractivity contribution in [3.05, 3.63) is 59.7 Å². The monoisotopic (exact) mass is 421 g/mol. The molecule has 0 bridgehead atoms. The van der Waals surface area contributed by atoms with Crippen LogP contribution >= 0.6 is 0 Å². The predicted octanol–water partition coefficient (Wildman–Crippen LogP) is 3.84. The maximum atomic E-state index is 12.1. The molecule has 0 aromatic heterocycles. The van der Waals surface area contributed by atoms with E-state index in [1.54, 1.807) is 36.4 Å². The fraction of sp³-hybridized carbons (Fsp3) is 0.364. The zero-order valence-electron chi connectivity index (χ0n) is 16.9. The Hall–Kier alpha value is -3.16. The Kier molecular flexibility index (Phi) is 9.05. The molecule has 0 atom stereocenters. The van der Waals surface area contributed by atoms with E-state index >= 15 is 0 Å². The quantitative estimate of drug-likeness (QED) is 0.558. The van der Waals surface area contributed by atoms with Crippen LogP contribution in [0.15, 0.2) is 48.5 Å². The van der Waals surface area contributed by atoms with Gasteiger partial charge in [0.2, 0.25) is 0 Å². The molecule has 0 aliphatic heterocycles. The molecule has 0 spiro atoms. The fourth-order valence-electron chi connectivity index (χ4n) is 2.43. The van der Waals surface area contributed by atoms with Crippen LogP contribution in [0.4, 0.5) is 8.78 Å². The van der Waals surface area contributed by atoms with Crippen LogP contribution in [0.25, 0.3) is 0 Å². The minimum Gasteiger partial charge on any atom is -0.493 e.